The van der Waals surface area contributed by atoms with Crippen molar-refractivity contribution in [2.45, 2.75) is 58.4 Å². The Bertz CT molecular complexity index is 1280. The molecular weight excluding hydrogens is 470 g/mol. The molecule has 36 heavy (non-hydrogen) atoms. The first-order chi connectivity index (χ1) is 17.2. The molecule has 0 radical (unpaired) electrons. The molecule has 8 nitrogen and oxygen atoms in total. The van der Waals surface area contributed by atoms with Crippen LogP contribution in [-0.2, 0) is 13.1 Å². The van der Waals surface area contributed by atoms with Gasteiger partial charge in [0.2, 0.25) is 5.43 Å². The molecular formula is C26H30F2N4O4. The van der Waals surface area contributed by atoms with Crippen LogP contribution >= 0.6 is 0 Å². The van der Waals surface area contributed by atoms with Gasteiger partial charge < -0.3 is 19.9 Å². The normalized spacial score (nSPS) is 23.4. The van der Waals surface area contributed by atoms with Crippen LogP contribution in [0.5, 0.6) is 5.75 Å². The maximum Gasteiger partial charge on any atom is 0.276 e. The summed E-state index contributed by atoms with van der Waals surface area (Å²) < 4.78 is 28.6. The number of halogens is 2. The Balaban J connectivity index is 1.46. The second-order valence-electron chi connectivity index (χ2n) is 10.4. The summed E-state index contributed by atoms with van der Waals surface area (Å²) in [5.41, 5.74) is -1.35. The van der Waals surface area contributed by atoms with Gasteiger partial charge in [-0.1, -0.05) is 26.3 Å². The summed E-state index contributed by atoms with van der Waals surface area (Å²) in [6.45, 7) is 5.98. The number of carbonyl (C=O) groups is 2. The molecule has 192 valence electrons. The largest absolute Gasteiger partial charge is 0.503 e. The van der Waals surface area contributed by atoms with E-state index in [1.165, 1.54) is 16.8 Å². The smallest absolute Gasteiger partial charge is 0.276 e. The molecule has 0 bridgehead atoms. The molecule has 2 amide bonds. The summed E-state index contributed by atoms with van der Waals surface area (Å²) in [5, 5.41) is 13.2. The lowest BCUT2D eigenvalue weighted by atomic mass is 9.93. The summed E-state index contributed by atoms with van der Waals surface area (Å²) in [6, 6.07) is 3.06. The quantitative estimate of drug-likeness (QED) is 0.659. The molecule has 3 aliphatic rings. The third-order valence-electron chi connectivity index (χ3n) is 7.54. The number of carbonyl (C=O) groups excluding carboxylic acids is 2. The third kappa shape index (κ3) is 4.17. The topological polar surface area (TPSA) is 94.9 Å². The van der Waals surface area contributed by atoms with Crippen molar-refractivity contribution in [2.75, 3.05) is 13.1 Å². The highest BCUT2D eigenvalue weighted by Gasteiger charge is 2.49. The van der Waals surface area contributed by atoms with Crippen molar-refractivity contribution in [1.29, 1.82) is 0 Å². The predicted octanol–water partition coefficient (Wildman–Crippen LogP) is 2.68. The van der Waals surface area contributed by atoms with Crippen molar-refractivity contribution in [2.24, 2.45) is 11.8 Å². The molecule has 1 unspecified atom stereocenters. The Morgan fingerprint density at radius 2 is 1.97 bits per heavy atom. The fraction of sp³-hybridized carbons (Fsp3) is 0.500. The van der Waals surface area contributed by atoms with Crippen LogP contribution in [0.1, 0.15) is 59.5 Å². The number of aromatic nitrogens is 1. The fourth-order valence-corrected chi connectivity index (χ4v) is 5.98. The molecule has 2 aliphatic heterocycles. The van der Waals surface area contributed by atoms with Crippen molar-refractivity contribution >= 4 is 11.8 Å². The Labute approximate surface area is 207 Å². The average molecular weight is 501 g/mol. The van der Waals surface area contributed by atoms with Gasteiger partial charge in [0.05, 0.1) is 6.54 Å². The Kier molecular flexibility index (Phi) is 6.32. The highest BCUT2D eigenvalue weighted by atomic mass is 19.1. The molecule has 0 spiro atoms. The highest BCUT2D eigenvalue weighted by molar-refractivity contribution is 5.99. The van der Waals surface area contributed by atoms with Crippen LogP contribution in [0.3, 0.4) is 0 Å². The molecule has 1 aliphatic carbocycles. The first kappa shape index (κ1) is 24.4. The van der Waals surface area contributed by atoms with Crippen LogP contribution in [0, 0.1) is 23.5 Å². The molecule has 1 saturated heterocycles. The molecule has 2 aromatic rings. The third-order valence-corrected chi connectivity index (χ3v) is 7.54. The zero-order valence-electron chi connectivity index (χ0n) is 20.3. The lowest BCUT2D eigenvalue weighted by molar-refractivity contribution is -0.0580. The molecule has 1 saturated carbocycles. The van der Waals surface area contributed by atoms with E-state index < -0.39 is 34.6 Å². The van der Waals surface area contributed by atoms with E-state index in [4.69, 9.17) is 0 Å². The van der Waals surface area contributed by atoms with E-state index in [9.17, 15) is 28.3 Å². The van der Waals surface area contributed by atoms with Crippen molar-refractivity contribution in [3.8, 4) is 5.75 Å². The highest BCUT2D eigenvalue weighted by Crippen LogP contribution is 2.40. The Morgan fingerprint density at radius 1 is 1.19 bits per heavy atom. The number of amides is 2. The van der Waals surface area contributed by atoms with Crippen LogP contribution in [0.2, 0.25) is 0 Å². The number of nitrogens with zero attached hydrogens (tertiary/aromatic N) is 3. The van der Waals surface area contributed by atoms with Crippen molar-refractivity contribution < 1.29 is 23.5 Å². The van der Waals surface area contributed by atoms with Gasteiger partial charge in [0.15, 0.2) is 11.4 Å². The molecule has 1 aromatic carbocycles. The van der Waals surface area contributed by atoms with E-state index in [1.807, 2.05) is 4.90 Å². The standard InChI is InChI=1S/C26H30F2N4O4/c1-14(2)10-30-11-16-4-3-5-20(16)32-21(30)13-31-12-18(23(33)24(34)22(31)26(32)36)25(35)29-9-15-6-7-17(27)8-19(15)28/h6-8,12,14,16,20-21,34H,3-5,9-11,13H2,1-2H3,(H,29,35)/t16-,20-,21?/m0/s1. The first-order valence-electron chi connectivity index (χ1n) is 12.4. The molecule has 3 atom stereocenters. The van der Waals surface area contributed by atoms with Gasteiger partial charge in [-0.05, 0) is 30.7 Å². The van der Waals surface area contributed by atoms with Gasteiger partial charge in [-0.15, -0.1) is 0 Å². The molecule has 3 heterocycles. The number of hydrogen-bond donors (Lipinski definition) is 2. The maximum absolute atomic E-state index is 13.9. The Hall–Kier alpha value is -3.27. The van der Waals surface area contributed by atoms with Gasteiger partial charge >= 0.3 is 0 Å². The summed E-state index contributed by atoms with van der Waals surface area (Å²) in [4.78, 5) is 43.6. The van der Waals surface area contributed by atoms with E-state index in [0.29, 0.717) is 24.4 Å². The maximum atomic E-state index is 13.9. The average Bonchev–Trinajstić information content (AvgIpc) is 3.28. The zero-order chi connectivity index (χ0) is 25.7. The number of pyridine rings is 1. The van der Waals surface area contributed by atoms with E-state index in [0.717, 1.165) is 38.4 Å². The number of nitrogens with one attached hydrogen (secondary N) is 1. The first-order valence-corrected chi connectivity index (χ1v) is 12.4. The van der Waals surface area contributed by atoms with Gasteiger partial charge in [-0.3, -0.25) is 19.3 Å². The van der Waals surface area contributed by atoms with Gasteiger partial charge in [-0.2, -0.15) is 0 Å². The number of benzene rings is 1. The van der Waals surface area contributed by atoms with Gasteiger partial charge in [0, 0.05) is 43.5 Å². The number of rotatable bonds is 5. The fourth-order valence-electron chi connectivity index (χ4n) is 5.98. The van der Waals surface area contributed by atoms with Crippen molar-refractivity contribution in [3.05, 3.63) is 63.1 Å². The summed E-state index contributed by atoms with van der Waals surface area (Å²) >= 11 is 0. The summed E-state index contributed by atoms with van der Waals surface area (Å²) in [7, 11) is 0. The van der Waals surface area contributed by atoms with Crippen LogP contribution in [-0.4, -0.2) is 56.6 Å². The molecule has 2 fully saturated rings. The van der Waals surface area contributed by atoms with E-state index in [2.05, 4.69) is 24.1 Å². The van der Waals surface area contributed by atoms with Crippen LogP contribution in [0.25, 0.3) is 0 Å². The minimum Gasteiger partial charge on any atom is -0.503 e. The second kappa shape index (κ2) is 9.31. The molecule has 1 aromatic heterocycles. The van der Waals surface area contributed by atoms with Gasteiger partial charge in [0.25, 0.3) is 11.8 Å². The molecule has 5 rings (SSSR count). The number of aromatic hydroxyl groups is 1. The van der Waals surface area contributed by atoms with Crippen molar-refractivity contribution in [3.63, 3.8) is 0 Å². The monoisotopic (exact) mass is 500 g/mol. The lowest BCUT2D eigenvalue weighted by Crippen LogP contribution is -2.66. The zero-order valence-corrected chi connectivity index (χ0v) is 20.3. The van der Waals surface area contributed by atoms with Crippen molar-refractivity contribution in [1.82, 2.24) is 19.7 Å². The van der Waals surface area contributed by atoms with Crippen LogP contribution < -0.4 is 10.7 Å². The molecule has 2 N–H and O–H groups in total. The summed E-state index contributed by atoms with van der Waals surface area (Å²) in [6.07, 6.45) is 4.04. The van der Waals surface area contributed by atoms with Gasteiger partial charge in [0.1, 0.15) is 23.4 Å². The van der Waals surface area contributed by atoms with Crippen LogP contribution in [0.15, 0.2) is 29.2 Å². The minimum atomic E-state index is -0.954. The van der Waals surface area contributed by atoms with Crippen LogP contribution in [0.4, 0.5) is 8.78 Å². The van der Waals surface area contributed by atoms with E-state index in [1.54, 1.807) is 0 Å². The SMILES string of the molecule is CC(C)CN1C[C@@H]2CCC[C@@H]2N2C(=O)c3c(O)c(=O)c(C(=O)NCc4ccc(F)cc4F)cn3CC12. The minimum absolute atomic E-state index is 0.0514. The predicted molar refractivity (Wildman–Crippen MR) is 127 cm³/mol. The summed E-state index contributed by atoms with van der Waals surface area (Å²) in [5.74, 6) is -2.78. The van der Waals surface area contributed by atoms with Gasteiger partial charge in [-0.25, -0.2) is 8.78 Å². The lowest BCUT2D eigenvalue weighted by Gasteiger charge is -2.53. The second-order valence-corrected chi connectivity index (χ2v) is 10.4. The number of hydrogen-bond acceptors (Lipinski definition) is 5. The Morgan fingerprint density at radius 3 is 2.69 bits per heavy atom. The molecule has 10 heteroatoms. The van der Waals surface area contributed by atoms with E-state index >= 15 is 0 Å². The number of fused-ring (bicyclic) bond motifs is 4. The van der Waals surface area contributed by atoms with E-state index in [-0.39, 0.29) is 35.6 Å².